The SMILES string of the molecule is CCCCCCCCCCCCCCCCCCCCCCC#CC#CC(=O)O. The summed E-state index contributed by atoms with van der Waals surface area (Å²) in [6.45, 7) is 2.29. The maximum Gasteiger partial charge on any atom is 0.382 e. The molecule has 1 N–H and O–H groups in total. The number of carboxylic acids is 1. The largest absolute Gasteiger partial charge is 0.472 e. The van der Waals surface area contributed by atoms with Crippen LogP contribution in [0.3, 0.4) is 0 Å². The van der Waals surface area contributed by atoms with Gasteiger partial charge in [0.15, 0.2) is 0 Å². The minimum atomic E-state index is -1.11. The molecule has 0 aliphatic heterocycles. The molecule has 0 bridgehead atoms. The fourth-order valence-electron chi connectivity index (χ4n) is 3.66. The summed E-state index contributed by atoms with van der Waals surface area (Å²) in [6.07, 6.45) is 28.6. The standard InChI is InChI=1S/C27H46O2/c1-2-3-4-5-6-7-8-9-10-11-12-13-14-15-16-17-18-19-20-21-22-23-24-25-26-27(28)29/h2-22H2,1H3,(H,28,29). The van der Waals surface area contributed by atoms with Gasteiger partial charge in [-0.3, -0.25) is 0 Å². The normalized spacial score (nSPS) is 10.1. The molecule has 0 spiro atoms. The van der Waals surface area contributed by atoms with Gasteiger partial charge in [0.2, 0.25) is 0 Å². The van der Waals surface area contributed by atoms with Gasteiger partial charge in [0.05, 0.1) is 0 Å². The first-order valence-corrected chi connectivity index (χ1v) is 12.5. The fraction of sp³-hybridized carbons (Fsp3) is 0.815. The van der Waals surface area contributed by atoms with Crippen LogP contribution in [-0.4, -0.2) is 11.1 Å². The molecule has 0 aromatic heterocycles. The second-order valence-corrected chi connectivity index (χ2v) is 8.32. The molecule has 0 radical (unpaired) electrons. The van der Waals surface area contributed by atoms with Crippen LogP contribution in [0.25, 0.3) is 0 Å². The Kier molecular flexibility index (Phi) is 23.4. The number of aliphatic carboxylic acids is 1. The summed E-state index contributed by atoms with van der Waals surface area (Å²) in [5.41, 5.74) is 0. The molecular formula is C27H46O2. The van der Waals surface area contributed by atoms with Gasteiger partial charge in [0.25, 0.3) is 0 Å². The Morgan fingerprint density at radius 1 is 0.552 bits per heavy atom. The molecule has 0 fully saturated rings. The Hall–Kier alpha value is -1.41. The third-order valence-corrected chi connectivity index (χ3v) is 5.48. The van der Waals surface area contributed by atoms with Crippen LogP contribution in [0.2, 0.25) is 0 Å². The average molecular weight is 403 g/mol. The lowest BCUT2D eigenvalue weighted by atomic mass is 10.0. The Morgan fingerprint density at radius 3 is 1.24 bits per heavy atom. The molecule has 166 valence electrons. The average Bonchev–Trinajstić information content (AvgIpc) is 2.71. The summed E-state index contributed by atoms with van der Waals surface area (Å²) >= 11 is 0. The van der Waals surface area contributed by atoms with Crippen molar-refractivity contribution in [3.63, 3.8) is 0 Å². The molecular weight excluding hydrogens is 356 g/mol. The van der Waals surface area contributed by atoms with E-state index in [9.17, 15) is 4.79 Å². The van der Waals surface area contributed by atoms with Crippen molar-refractivity contribution in [3.8, 4) is 23.7 Å². The second kappa shape index (κ2) is 24.6. The minimum Gasteiger partial charge on any atom is -0.472 e. The van der Waals surface area contributed by atoms with E-state index in [-0.39, 0.29) is 0 Å². The second-order valence-electron chi connectivity index (χ2n) is 8.32. The zero-order valence-electron chi connectivity index (χ0n) is 19.2. The van der Waals surface area contributed by atoms with Crippen LogP contribution in [0.1, 0.15) is 142 Å². The van der Waals surface area contributed by atoms with E-state index >= 15 is 0 Å². The summed E-state index contributed by atoms with van der Waals surface area (Å²) in [5.74, 6) is 8.72. The van der Waals surface area contributed by atoms with E-state index in [1.165, 1.54) is 122 Å². The number of hydrogen-bond donors (Lipinski definition) is 1. The van der Waals surface area contributed by atoms with Crippen molar-refractivity contribution in [1.82, 2.24) is 0 Å². The predicted octanol–water partition coefficient (Wildman–Crippen LogP) is 8.29. The Labute approximate surface area is 181 Å². The molecule has 0 saturated carbocycles. The quantitative estimate of drug-likeness (QED) is 0.164. The third kappa shape index (κ3) is 26.6. The first-order valence-electron chi connectivity index (χ1n) is 12.5. The lowest BCUT2D eigenvalue weighted by molar-refractivity contribution is -0.130. The molecule has 0 unspecified atom stereocenters. The van der Waals surface area contributed by atoms with Crippen LogP contribution in [0.4, 0.5) is 0 Å². The number of rotatable bonds is 20. The van der Waals surface area contributed by atoms with Crippen molar-refractivity contribution in [1.29, 1.82) is 0 Å². The van der Waals surface area contributed by atoms with Gasteiger partial charge in [0.1, 0.15) is 0 Å². The predicted molar refractivity (Wildman–Crippen MR) is 126 cm³/mol. The molecule has 2 heteroatoms. The Balaban J connectivity index is 3.10. The molecule has 0 rings (SSSR count). The highest BCUT2D eigenvalue weighted by atomic mass is 16.4. The molecule has 29 heavy (non-hydrogen) atoms. The van der Waals surface area contributed by atoms with E-state index in [1.54, 1.807) is 0 Å². The molecule has 0 heterocycles. The minimum absolute atomic E-state index is 0.827. The summed E-state index contributed by atoms with van der Waals surface area (Å²) in [7, 11) is 0. The molecule has 0 aromatic rings. The highest BCUT2D eigenvalue weighted by Crippen LogP contribution is 2.14. The number of carbonyl (C=O) groups is 1. The summed E-state index contributed by atoms with van der Waals surface area (Å²) < 4.78 is 0. The van der Waals surface area contributed by atoms with Crippen molar-refractivity contribution >= 4 is 5.97 Å². The summed E-state index contributed by atoms with van der Waals surface area (Å²) in [6, 6.07) is 0. The van der Waals surface area contributed by atoms with E-state index in [1.807, 2.05) is 5.92 Å². The van der Waals surface area contributed by atoms with Gasteiger partial charge in [-0.1, -0.05) is 135 Å². The molecule has 2 nitrogen and oxygen atoms in total. The Morgan fingerprint density at radius 2 is 0.897 bits per heavy atom. The summed E-state index contributed by atoms with van der Waals surface area (Å²) in [4.78, 5) is 10.2. The monoisotopic (exact) mass is 402 g/mol. The van der Waals surface area contributed by atoms with Crippen molar-refractivity contribution in [3.05, 3.63) is 0 Å². The molecule has 0 atom stereocenters. The van der Waals surface area contributed by atoms with Crippen LogP contribution < -0.4 is 0 Å². The van der Waals surface area contributed by atoms with Crippen LogP contribution in [0, 0.1) is 23.7 Å². The van der Waals surface area contributed by atoms with Gasteiger partial charge in [-0.2, -0.15) is 0 Å². The number of unbranched alkanes of at least 4 members (excludes halogenated alkanes) is 20. The van der Waals surface area contributed by atoms with Crippen LogP contribution in [-0.2, 0) is 4.79 Å². The molecule has 0 aliphatic rings. The van der Waals surface area contributed by atoms with Crippen LogP contribution >= 0.6 is 0 Å². The topological polar surface area (TPSA) is 37.3 Å². The lowest BCUT2D eigenvalue weighted by Crippen LogP contribution is -1.85. The number of hydrogen-bond acceptors (Lipinski definition) is 1. The smallest absolute Gasteiger partial charge is 0.382 e. The third-order valence-electron chi connectivity index (χ3n) is 5.48. The van der Waals surface area contributed by atoms with Gasteiger partial charge in [-0.25, -0.2) is 4.79 Å². The zero-order chi connectivity index (χ0) is 21.3. The van der Waals surface area contributed by atoms with Crippen molar-refractivity contribution in [2.24, 2.45) is 0 Å². The van der Waals surface area contributed by atoms with E-state index in [2.05, 4.69) is 24.7 Å². The molecule has 0 aromatic carbocycles. The van der Waals surface area contributed by atoms with Crippen molar-refractivity contribution in [2.45, 2.75) is 142 Å². The molecule has 0 saturated heterocycles. The Bertz CT molecular complexity index is 472. The van der Waals surface area contributed by atoms with Crippen molar-refractivity contribution in [2.75, 3.05) is 0 Å². The fourth-order valence-corrected chi connectivity index (χ4v) is 3.66. The number of carboxylic acid groups (broad SMARTS) is 1. The van der Waals surface area contributed by atoms with E-state index in [0.717, 1.165) is 12.8 Å². The van der Waals surface area contributed by atoms with Gasteiger partial charge < -0.3 is 5.11 Å². The van der Waals surface area contributed by atoms with Gasteiger partial charge in [-0.15, -0.1) is 0 Å². The highest BCUT2D eigenvalue weighted by Gasteiger charge is 1.95. The maximum absolute atomic E-state index is 10.2. The molecule has 0 amide bonds. The van der Waals surface area contributed by atoms with Crippen LogP contribution in [0.5, 0.6) is 0 Å². The van der Waals surface area contributed by atoms with E-state index < -0.39 is 5.97 Å². The van der Waals surface area contributed by atoms with Gasteiger partial charge in [0, 0.05) is 12.3 Å². The van der Waals surface area contributed by atoms with E-state index in [0.29, 0.717) is 0 Å². The summed E-state index contributed by atoms with van der Waals surface area (Å²) in [5, 5.41) is 8.35. The lowest BCUT2D eigenvalue weighted by Gasteiger charge is -2.04. The van der Waals surface area contributed by atoms with Crippen LogP contribution in [0.15, 0.2) is 0 Å². The highest BCUT2D eigenvalue weighted by molar-refractivity contribution is 5.87. The zero-order valence-corrected chi connectivity index (χ0v) is 19.2. The van der Waals surface area contributed by atoms with E-state index in [4.69, 9.17) is 5.11 Å². The maximum atomic E-state index is 10.2. The first-order chi connectivity index (χ1) is 14.3. The first kappa shape index (κ1) is 27.6. The van der Waals surface area contributed by atoms with Gasteiger partial charge >= 0.3 is 5.97 Å². The molecule has 0 aliphatic carbocycles. The van der Waals surface area contributed by atoms with Gasteiger partial charge in [-0.05, 0) is 18.3 Å². The van der Waals surface area contributed by atoms with Crippen molar-refractivity contribution < 1.29 is 9.90 Å².